The first-order chi connectivity index (χ1) is 7.77. The lowest BCUT2D eigenvalue weighted by Gasteiger charge is -2.38. The van der Waals surface area contributed by atoms with E-state index in [9.17, 15) is 0 Å². The molecule has 0 spiro atoms. The molecule has 0 saturated heterocycles. The summed E-state index contributed by atoms with van der Waals surface area (Å²) in [4.78, 5) is 2.49. The number of nitrogens with zero attached hydrogens (tertiary/aromatic N) is 1. The zero-order valence-electron chi connectivity index (χ0n) is 10.3. The number of benzene rings is 1. The van der Waals surface area contributed by atoms with Crippen LogP contribution in [-0.2, 0) is 6.42 Å². The number of rotatable bonds is 3. The van der Waals surface area contributed by atoms with E-state index >= 15 is 0 Å². The van der Waals surface area contributed by atoms with Gasteiger partial charge in [0.2, 0.25) is 0 Å². The van der Waals surface area contributed by atoms with E-state index in [1.807, 2.05) is 0 Å². The summed E-state index contributed by atoms with van der Waals surface area (Å²) in [5.74, 6) is 0. The summed E-state index contributed by atoms with van der Waals surface area (Å²) in [6, 6.07) is 9.32. The van der Waals surface area contributed by atoms with Gasteiger partial charge in [-0.25, -0.2) is 0 Å². The van der Waals surface area contributed by atoms with Crippen molar-refractivity contribution in [2.45, 2.75) is 38.8 Å². The molecule has 2 rings (SSSR count). The summed E-state index contributed by atoms with van der Waals surface area (Å²) < 4.78 is 0. The summed E-state index contributed by atoms with van der Waals surface area (Å²) in [7, 11) is 0. The molecule has 2 N–H and O–H groups in total. The van der Waals surface area contributed by atoms with Crippen LogP contribution in [-0.4, -0.2) is 24.0 Å². The Morgan fingerprint density at radius 3 is 2.62 bits per heavy atom. The van der Waals surface area contributed by atoms with E-state index < -0.39 is 0 Å². The molecular formula is C14H22N2. The van der Waals surface area contributed by atoms with E-state index in [1.165, 1.54) is 24.0 Å². The average Bonchev–Trinajstić information content (AvgIpc) is 2.34. The summed E-state index contributed by atoms with van der Waals surface area (Å²) in [5.41, 5.74) is 9.20. The van der Waals surface area contributed by atoms with Crippen molar-refractivity contribution in [3.8, 4) is 0 Å². The van der Waals surface area contributed by atoms with Crippen molar-refractivity contribution in [3.05, 3.63) is 35.4 Å². The molecule has 1 aromatic carbocycles. The van der Waals surface area contributed by atoms with Gasteiger partial charge in [0.05, 0.1) is 0 Å². The fourth-order valence-corrected chi connectivity index (χ4v) is 2.88. The highest BCUT2D eigenvalue weighted by atomic mass is 15.2. The molecule has 0 radical (unpaired) electrons. The average molecular weight is 218 g/mol. The normalized spacial score (nSPS) is 24.5. The van der Waals surface area contributed by atoms with Crippen LogP contribution in [0.15, 0.2) is 24.3 Å². The highest BCUT2D eigenvalue weighted by molar-refractivity contribution is 5.33. The molecule has 2 unspecified atom stereocenters. The van der Waals surface area contributed by atoms with E-state index in [1.54, 1.807) is 0 Å². The number of hydrogen-bond donors (Lipinski definition) is 1. The Balaban J connectivity index is 2.23. The van der Waals surface area contributed by atoms with Gasteiger partial charge in [0.15, 0.2) is 0 Å². The third kappa shape index (κ3) is 2.00. The van der Waals surface area contributed by atoms with Crippen LogP contribution in [0.4, 0.5) is 0 Å². The molecule has 1 aliphatic rings. The van der Waals surface area contributed by atoms with Gasteiger partial charge in [-0.1, -0.05) is 38.1 Å². The van der Waals surface area contributed by atoms with Gasteiger partial charge in [0, 0.05) is 12.1 Å². The summed E-state index contributed by atoms with van der Waals surface area (Å²) >= 11 is 0. The fourth-order valence-electron chi connectivity index (χ4n) is 2.88. The number of hydrogen-bond acceptors (Lipinski definition) is 2. The smallest absolute Gasteiger partial charge is 0.0455 e. The Labute approximate surface area is 98.4 Å². The zero-order valence-corrected chi connectivity index (χ0v) is 10.3. The van der Waals surface area contributed by atoms with Crippen LogP contribution in [0.3, 0.4) is 0 Å². The van der Waals surface area contributed by atoms with Crippen molar-refractivity contribution in [2.24, 2.45) is 5.73 Å². The second kappa shape index (κ2) is 4.98. The van der Waals surface area contributed by atoms with Crippen LogP contribution in [0, 0.1) is 0 Å². The van der Waals surface area contributed by atoms with Crippen LogP contribution >= 0.6 is 0 Å². The second-order valence-electron chi connectivity index (χ2n) is 4.55. The zero-order chi connectivity index (χ0) is 11.5. The molecule has 16 heavy (non-hydrogen) atoms. The summed E-state index contributed by atoms with van der Waals surface area (Å²) in [5, 5.41) is 0. The van der Waals surface area contributed by atoms with Gasteiger partial charge in [-0.2, -0.15) is 0 Å². The lowest BCUT2D eigenvalue weighted by Crippen LogP contribution is -2.45. The van der Waals surface area contributed by atoms with Crippen molar-refractivity contribution < 1.29 is 0 Å². The van der Waals surface area contributed by atoms with Gasteiger partial charge in [-0.05, 0) is 37.1 Å². The topological polar surface area (TPSA) is 29.3 Å². The standard InChI is InChI=1S/C14H22N2/c1-3-16(4-2)13-10-9-11-7-5-6-8-12(11)14(13)15/h5-8,13-14H,3-4,9-10,15H2,1-2H3. The molecular weight excluding hydrogens is 196 g/mol. The third-order valence-corrected chi connectivity index (χ3v) is 3.82. The van der Waals surface area contributed by atoms with Gasteiger partial charge in [-0.3, -0.25) is 4.90 Å². The highest BCUT2D eigenvalue weighted by Gasteiger charge is 2.29. The minimum Gasteiger partial charge on any atom is -0.323 e. The number of likely N-dealkylation sites (N-methyl/N-ethyl adjacent to an activating group) is 1. The predicted octanol–water partition coefficient (Wildman–Crippen LogP) is 2.34. The van der Waals surface area contributed by atoms with Crippen LogP contribution in [0.25, 0.3) is 0 Å². The molecule has 0 amide bonds. The molecule has 88 valence electrons. The Kier molecular flexibility index (Phi) is 3.62. The molecule has 2 atom stereocenters. The number of fused-ring (bicyclic) bond motifs is 1. The van der Waals surface area contributed by atoms with Gasteiger partial charge in [0.1, 0.15) is 0 Å². The molecule has 0 aliphatic heterocycles. The van der Waals surface area contributed by atoms with Crippen molar-refractivity contribution in [1.29, 1.82) is 0 Å². The Morgan fingerprint density at radius 2 is 1.94 bits per heavy atom. The van der Waals surface area contributed by atoms with Crippen molar-refractivity contribution in [1.82, 2.24) is 4.90 Å². The minimum absolute atomic E-state index is 0.185. The van der Waals surface area contributed by atoms with E-state index in [0.29, 0.717) is 6.04 Å². The van der Waals surface area contributed by atoms with E-state index in [-0.39, 0.29) is 6.04 Å². The van der Waals surface area contributed by atoms with Crippen LogP contribution in [0.1, 0.15) is 37.4 Å². The molecule has 2 heteroatoms. The van der Waals surface area contributed by atoms with Crippen LogP contribution < -0.4 is 5.73 Å². The molecule has 0 saturated carbocycles. The lowest BCUT2D eigenvalue weighted by molar-refractivity contribution is 0.171. The maximum Gasteiger partial charge on any atom is 0.0455 e. The van der Waals surface area contributed by atoms with Crippen molar-refractivity contribution >= 4 is 0 Å². The van der Waals surface area contributed by atoms with Crippen LogP contribution in [0.2, 0.25) is 0 Å². The summed E-state index contributed by atoms with van der Waals surface area (Å²) in [6.07, 6.45) is 2.37. The Morgan fingerprint density at radius 1 is 1.25 bits per heavy atom. The molecule has 0 bridgehead atoms. The predicted molar refractivity (Wildman–Crippen MR) is 68.4 cm³/mol. The molecule has 1 aromatic rings. The van der Waals surface area contributed by atoms with Gasteiger partial charge < -0.3 is 5.73 Å². The van der Waals surface area contributed by atoms with E-state index in [0.717, 1.165) is 13.1 Å². The third-order valence-electron chi connectivity index (χ3n) is 3.82. The lowest BCUT2D eigenvalue weighted by atomic mass is 9.84. The second-order valence-corrected chi connectivity index (χ2v) is 4.55. The van der Waals surface area contributed by atoms with E-state index in [2.05, 4.69) is 43.0 Å². The number of nitrogens with two attached hydrogens (primary N) is 1. The van der Waals surface area contributed by atoms with Gasteiger partial charge >= 0.3 is 0 Å². The van der Waals surface area contributed by atoms with Crippen molar-refractivity contribution in [2.75, 3.05) is 13.1 Å². The Bertz CT molecular complexity index is 344. The number of aryl methyl sites for hydroxylation is 1. The molecule has 0 heterocycles. The molecule has 1 aliphatic carbocycles. The quantitative estimate of drug-likeness (QED) is 0.844. The molecule has 0 aromatic heterocycles. The first kappa shape index (κ1) is 11.6. The molecule has 0 fully saturated rings. The SMILES string of the molecule is CCN(CC)C1CCc2ccccc2C1N. The first-order valence-corrected chi connectivity index (χ1v) is 6.35. The van der Waals surface area contributed by atoms with E-state index in [4.69, 9.17) is 5.73 Å². The van der Waals surface area contributed by atoms with Gasteiger partial charge in [0.25, 0.3) is 0 Å². The molecule has 2 nitrogen and oxygen atoms in total. The van der Waals surface area contributed by atoms with Crippen molar-refractivity contribution in [3.63, 3.8) is 0 Å². The fraction of sp³-hybridized carbons (Fsp3) is 0.571. The minimum atomic E-state index is 0.185. The van der Waals surface area contributed by atoms with Gasteiger partial charge in [-0.15, -0.1) is 0 Å². The highest BCUT2D eigenvalue weighted by Crippen LogP contribution is 2.30. The monoisotopic (exact) mass is 218 g/mol. The maximum atomic E-state index is 6.40. The maximum absolute atomic E-state index is 6.40. The van der Waals surface area contributed by atoms with Crippen LogP contribution in [0.5, 0.6) is 0 Å². The summed E-state index contributed by atoms with van der Waals surface area (Å²) in [6.45, 7) is 6.63. The largest absolute Gasteiger partial charge is 0.323 e. The first-order valence-electron chi connectivity index (χ1n) is 6.35. The Hall–Kier alpha value is -0.860.